The highest BCUT2D eigenvalue weighted by atomic mass is 16.5. The minimum atomic E-state index is -0.514. The Hall–Kier alpha value is -2.40. The number of ether oxygens (including phenoxy) is 1. The molecule has 1 fully saturated rings. The van der Waals surface area contributed by atoms with E-state index in [4.69, 9.17) is 0 Å². The first-order chi connectivity index (χ1) is 14.5. The lowest BCUT2D eigenvalue weighted by Crippen LogP contribution is -2.32. The topological polar surface area (TPSA) is 66.8 Å². The van der Waals surface area contributed by atoms with Gasteiger partial charge in [-0.15, -0.1) is 0 Å². The minimum absolute atomic E-state index is 0.0354. The molecule has 1 aromatic carbocycles. The molecular weight excluding hydrogens is 378 g/mol. The van der Waals surface area contributed by atoms with Gasteiger partial charge in [-0.25, -0.2) is 0 Å². The zero-order chi connectivity index (χ0) is 21.8. The van der Waals surface area contributed by atoms with Gasteiger partial charge in [0, 0.05) is 19.4 Å². The van der Waals surface area contributed by atoms with Crippen LogP contribution in [0.1, 0.15) is 51.0 Å². The molecule has 1 aliphatic rings. The van der Waals surface area contributed by atoms with E-state index in [1.807, 2.05) is 47.4 Å². The summed E-state index contributed by atoms with van der Waals surface area (Å²) in [4.78, 5) is 25.2. The number of unbranched alkanes of at least 4 members (excludes halogenated alkanes) is 1. The van der Waals surface area contributed by atoms with E-state index in [1.54, 1.807) is 0 Å². The average Bonchev–Trinajstić information content (AvgIpc) is 3.12. The van der Waals surface area contributed by atoms with Crippen molar-refractivity contribution in [2.75, 3.05) is 13.7 Å². The summed E-state index contributed by atoms with van der Waals surface area (Å²) in [5.41, 5.74) is 1.28. The molecule has 5 nitrogen and oxygen atoms in total. The van der Waals surface area contributed by atoms with Crippen LogP contribution in [0.5, 0.6) is 0 Å². The summed E-state index contributed by atoms with van der Waals surface area (Å²) in [6.07, 6.45) is 12.5. The van der Waals surface area contributed by atoms with Crippen LogP contribution in [0.25, 0.3) is 0 Å². The van der Waals surface area contributed by atoms with Crippen LogP contribution < -0.4 is 0 Å². The number of aryl methyl sites for hydroxylation is 1. The number of carbonyl (C=O) groups excluding carboxylic acids is 2. The maximum atomic E-state index is 12.2. The maximum Gasteiger partial charge on any atom is 0.305 e. The molecule has 1 heterocycles. The van der Waals surface area contributed by atoms with Gasteiger partial charge in [-0.2, -0.15) is 0 Å². The Morgan fingerprint density at radius 3 is 2.80 bits per heavy atom. The van der Waals surface area contributed by atoms with Crippen molar-refractivity contribution >= 4 is 11.9 Å². The first kappa shape index (κ1) is 23.9. The van der Waals surface area contributed by atoms with Gasteiger partial charge in [-0.1, -0.05) is 61.6 Å². The fourth-order valence-electron chi connectivity index (χ4n) is 3.61. The monoisotopic (exact) mass is 413 g/mol. The fraction of sp³-hybridized carbons (Fsp3) is 0.520. The van der Waals surface area contributed by atoms with Crippen molar-refractivity contribution in [3.05, 3.63) is 60.2 Å². The van der Waals surface area contributed by atoms with Gasteiger partial charge in [0.15, 0.2) is 0 Å². The second-order valence-electron chi connectivity index (χ2n) is 7.97. The first-order valence-electron chi connectivity index (χ1n) is 10.9. The number of rotatable bonds is 12. The lowest BCUT2D eigenvalue weighted by molar-refractivity contribution is -0.140. The number of benzene rings is 1. The standard InChI is InChI=1S/C25H35NO4/c1-20(13-14-21-10-6-5-7-11-21)23(27)17-15-22-16-18-24(28)26(22)19-9-4-3-8-12-25(29)30-2/h4-7,9-11,15,17,20,22-23,27H,3,8,12-14,16,18-19H2,1-2H3/b9-4+,17-15+/t20-,22-,23+/m0/s1. The highest BCUT2D eigenvalue weighted by Gasteiger charge is 2.28. The van der Waals surface area contributed by atoms with Gasteiger partial charge in [0.25, 0.3) is 0 Å². The summed E-state index contributed by atoms with van der Waals surface area (Å²) >= 11 is 0. The molecule has 0 saturated carbocycles. The maximum absolute atomic E-state index is 12.2. The molecule has 0 unspecified atom stereocenters. The predicted molar refractivity (Wildman–Crippen MR) is 119 cm³/mol. The molecule has 1 amide bonds. The minimum Gasteiger partial charge on any atom is -0.469 e. The number of carbonyl (C=O) groups is 2. The normalized spacial score (nSPS) is 19.0. The summed E-state index contributed by atoms with van der Waals surface area (Å²) in [6.45, 7) is 2.62. The lowest BCUT2D eigenvalue weighted by atomic mass is 9.95. The number of hydrogen-bond acceptors (Lipinski definition) is 4. The SMILES string of the molecule is COC(=O)CCC/C=C/CN1C(=O)CC[C@@H]1/C=C/[C@@H](O)[C@@H](C)CCc1ccccc1. The molecule has 0 aromatic heterocycles. The van der Waals surface area contributed by atoms with Crippen LogP contribution >= 0.6 is 0 Å². The number of aliphatic hydroxyl groups is 1. The van der Waals surface area contributed by atoms with Gasteiger partial charge in [0.05, 0.1) is 19.3 Å². The van der Waals surface area contributed by atoms with E-state index >= 15 is 0 Å². The summed E-state index contributed by atoms with van der Waals surface area (Å²) in [5.74, 6) is 0.108. The quantitative estimate of drug-likeness (QED) is 0.319. The zero-order valence-electron chi connectivity index (χ0n) is 18.2. The number of aliphatic hydroxyl groups excluding tert-OH is 1. The molecule has 0 aliphatic carbocycles. The summed E-state index contributed by atoms with van der Waals surface area (Å²) in [7, 11) is 1.39. The van der Waals surface area contributed by atoms with Crippen LogP contribution in [-0.4, -0.2) is 47.7 Å². The first-order valence-corrected chi connectivity index (χ1v) is 10.9. The Kier molecular flexibility index (Phi) is 10.4. The molecule has 1 saturated heterocycles. The molecule has 0 bridgehead atoms. The number of hydrogen-bond donors (Lipinski definition) is 1. The second kappa shape index (κ2) is 13.0. The molecule has 1 aliphatic heterocycles. The number of likely N-dealkylation sites (tertiary alicyclic amines) is 1. The van der Waals surface area contributed by atoms with E-state index < -0.39 is 6.10 Å². The van der Waals surface area contributed by atoms with Crippen LogP contribution in [0, 0.1) is 5.92 Å². The Morgan fingerprint density at radius 2 is 2.07 bits per heavy atom. The summed E-state index contributed by atoms with van der Waals surface area (Å²) in [6, 6.07) is 10.3. The van der Waals surface area contributed by atoms with Crippen molar-refractivity contribution in [2.45, 2.75) is 64.0 Å². The highest BCUT2D eigenvalue weighted by molar-refractivity contribution is 5.79. The molecule has 2 rings (SSSR count). The Morgan fingerprint density at radius 1 is 1.30 bits per heavy atom. The van der Waals surface area contributed by atoms with Crippen LogP contribution in [-0.2, 0) is 20.7 Å². The van der Waals surface area contributed by atoms with Crippen molar-refractivity contribution in [3.63, 3.8) is 0 Å². The van der Waals surface area contributed by atoms with E-state index in [0.29, 0.717) is 19.4 Å². The molecule has 164 valence electrons. The molecule has 30 heavy (non-hydrogen) atoms. The van der Waals surface area contributed by atoms with Gasteiger partial charge in [-0.3, -0.25) is 9.59 Å². The third kappa shape index (κ3) is 8.15. The van der Waals surface area contributed by atoms with E-state index in [1.165, 1.54) is 12.7 Å². The Balaban J connectivity index is 1.76. The fourth-order valence-corrected chi connectivity index (χ4v) is 3.61. The molecule has 3 atom stereocenters. The zero-order valence-corrected chi connectivity index (χ0v) is 18.2. The lowest BCUT2D eigenvalue weighted by Gasteiger charge is -2.22. The third-order valence-corrected chi connectivity index (χ3v) is 5.67. The van der Waals surface area contributed by atoms with Crippen LogP contribution in [0.15, 0.2) is 54.6 Å². The average molecular weight is 414 g/mol. The Labute approximate surface area is 180 Å². The van der Waals surface area contributed by atoms with Gasteiger partial charge >= 0.3 is 5.97 Å². The van der Waals surface area contributed by atoms with Gasteiger partial charge < -0.3 is 14.7 Å². The van der Waals surface area contributed by atoms with Crippen molar-refractivity contribution in [2.24, 2.45) is 5.92 Å². The van der Waals surface area contributed by atoms with Crippen molar-refractivity contribution in [1.82, 2.24) is 4.90 Å². The van der Waals surface area contributed by atoms with Crippen LogP contribution in [0.4, 0.5) is 0 Å². The number of amides is 1. The summed E-state index contributed by atoms with van der Waals surface area (Å²) < 4.78 is 4.62. The van der Waals surface area contributed by atoms with Gasteiger partial charge in [0.2, 0.25) is 5.91 Å². The number of methoxy groups -OCH3 is 1. The predicted octanol–water partition coefficient (Wildman–Crippen LogP) is 4.06. The van der Waals surface area contributed by atoms with Crippen molar-refractivity contribution in [3.8, 4) is 0 Å². The van der Waals surface area contributed by atoms with Crippen LogP contribution in [0.2, 0.25) is 0 Å². The van der Waals surface area contributed by atoms with E-state index in [0.717, 1.165) is 32.1 Å². The van der Waals surface area contributed by atoms with E-state index in [2.05, 4.69) is 23.8 Å². The third-order valence-electron chi connectivity index (χ3n) is 5.67. The largest absolute Gasteiger partial charge is 0.469 e. The van der Waals surface area contributed by atoms with Gasteiger partial charge in [0.1, 0.15) is 0 Å². The smallest absolute Gasteiger partial charge is 0.305 e. The number of esters is 1. The van der Waals surface area contributed by atoms with E-state index in [-0.39, 0.29) is 23.8 Å². The van der Waals surface area contributed by atoms with E-state index in [9.17, 15) is 14.7 Å². The molecule has 0 spiro atoms. The number of allylic oxidation sites excluding steroid dienone is 1. The molecule has 0 radical (unpaired) electrons. The number of nitrogens with zero attached hydrogens (tertiary/aromatic N) is 1. The van der Waals surface area contributed by atoms with Gasteiger partial charge in [-0.05, 0) is 43.6 Å². The molecule has 5 heteroatoms. The second-order valence-corrected chi connectivity index (χ2v) is 7.97. The highest BCUT2D eigenvalue weighted by Crippen LogP contribution is 2.21. The van der Waals surface area contributed by atoms with Crippen molar-refractivity contribution < 1.29 is 19.4 Å². The van der Waals surface area contributed by atoms with Crippen molar-refractivity contribution in [1.29, 1.82) is 0 Å². The van der Waals surface area contributed by atoms with Crippen LogP contribution in [0.3, 0.4) is 0 Å². The molecular formula is C25H35NO4. The molecule has 1 aromatic rings. The molecule has 1 N–H and O–H groups in total. The summed E-state index contributed by atoms with van der Waals surface area (Å²) in [5, 5.41) is 10.5. The Bertz CT molecular complexity index is 713.